The summed E-state index contributed by atoms with van der Waals surface area (Å²) in [7, 11) is 3.71. The molecule has 1 aromatic carbocycles. The van der Waals surface area contributed by atoms with Gasteiger partial charge in [0.15, 0.2) is 0 Å². The Bertz CT molecular complexity index is 604. The van der Waals surface area contributed by atoms with E-state index in [9.17, 15) is 4.79 Å². The largest absolute Gasteiger partial charge is 0.319 e. The Labute approximate surface area is 109 Å². The van der Waals surface area contributed by atoms with Gasteiger partial charge in [-0.2, -0.15) is 0 Å². The summed E-state index contributed by atoms with van der Waals surface area (Å²) in [6, 6.07) is 7.95. The van der Waals surface area contributed by atoms with Crippen LogP contribution in [0.5, 0.6) is 0 Å². The van der Waals surface area contributed by atoms with Crippen molar-refractivity contribution in [3.63, 3.8) is 0 Å². The van der Waals surface area contributed by atoms with Gasteiger partial charge in [-0.15, -0.1) is 0 Å². The van der Waals surface area contributed by atoms with Crippen LogP contribution < -0.4 is 10.9 Å². The SMILES string of the molecule is CNCCc1cc2cccc(Br)c2n(C)c1=O. The number of pyridine rings is 1. The first kappa shape index (κ1) is 12.3. The van der Waals surface area contributed by atoms with Crippen molar-refractivity contribution in [2.24, 2.45) is 7.05 Å². The number of para-hydroxylation sites is 1. The smallest absolute Gasteiger partial charge is 0.254 e. The zero-order chi connectivity index (χ0) is 12.4. The Morgan fingerprint density at radius 3 is 2.88 bits per heavy atom. The van der Waals surface area contributed by atoms with E-state index in [1.54, 1.807) is 4.57 Å². The van der Waals surface area contributed by atoms with Gasteiger partial charge in [0.1, 0.15) is 0 Å². The van der Waals surface area contributed by atoms with Crippen LogP contribution in [0.2, 0.25) is 0 Å². The number of hydrogen-bond acceptors (Lipinski definition) is 2. The lowest BCUT2D eigenvalue weighted by Crippen LogP contribution is -2.24. The second-order valence-electron chi connectivity index (χ2n) is 4.06. The number of nitrogens with zero attached hydrogens (tertiary/aromatic N) is 1. The molecule has 1 N–H and O–H groups in total. The third-order valence-corrected chi connectivity index (χ3v) is 3.55. The summed E-state index contributed by atoms with van der Waals surface area (Å²) < 4.78 is 2.67. The molecule has 17 heavy (non-hydrogen) atoms. The summed E-state index contributed by atoms with van der Waals surface area (Å²) in [6.07, 6.45) is 0.756. The number of nitrogens with one attached hydrogen (secondary N) is 1. The summed E-state index contributed by atoms with van der Waals surface area (Å²) in [5, 5.41) is 4.16. The van der Waals surface area contributed by atoms with Gasteiger partial charge in [0.25, 0.3) is 5.56 Å². The molecule has 0 atom stereocenters. The number of halogens is 1. The van der Waals surface area contributed by atoms with Gasteiger partial charge in [0.2, 0.25) is 0 Å². The molecule has 0 aliphatic rings. The van der Waals surface area contributed by atoms with Gasteiger partial charge in [-0.05, 0) is 53.5 Å². The van der Waals surface area contributed by atoms with Gasteiger partial charge in [-0.3, -0.25) is 4.79 Å². The first-order valence-electron chi connectivity index (χ1n) is 5.57. The van der Waals surface area contributed by atoms with Gasteiger partial charge in [0.05, 0.1) is 5.52 Å². The average Bonchev–Trinajstić information content (AvgIpc) is 2.32. The van der Waals surface area contributed by atoms with Crippen LogP contribution in [-0.2, 0) is 13.5 Å². The van der Waals surface area contributed by atoms with E-state index in [2.05, 4.69) is 21.2 Å². The van der Waals surface area contributed by atoms with E-state index < -0.39 is 0 Å². The van der Waals surface area contributed by atoms with E-state index in [1.165, 1.54) is 0 Å². The van der Waals surface area contributed by atoms with Crippen LogP contribution >= 0.6 is 15.9 Å². The number of aromatic nitrogens is 1. The van der Waals surface area contributed by atoms with Crippen molar-refractivity contribution in [3.8, 4) is 0 Å². The highest BCUT2D eigenvalue weighted by atomic mass is 79.9. The monoisotopic (exact) mass is 294 g/mol. The maximum absolute atomic E-state index is 12.2. The van der Waals surface area contributed by atoms with Gasteiger partial charge >= 0.3 is 0 Å². The van der Waals surface area contributed by atoms with Crippen molar-refractivity contribution in [2.75, 3.05) is 13.6 Å². The Balaban J connectivity index is 2.67. The minimum atomic E-state index is 0.0830. The predicted octanol–water partition coefficient (Wildman–Crippen LogP) is 2.06. The minimum Gasteiger partial charge on any atom is -0.319 e. The molecule has 0 saturated carbocycles. The summed E-state index contributed by atoms with van der Waals surface area (Å²) in [5.41, 5.74) is 1.89. The highest BCUT2D eigenvalue weighted by Crippen LogP contribution is 2.22. The lowest BCUT2D eigenvalue weighted by atomic mass is 10.1. The standard InChI is InChI=1S/C13H15BrN2O/c1-15-7-6-10-8-9-4-3-5-11(14)12(9)16(2)13(10)17/h3-5,8,15H,6-7H2,1-2H3. The molecule has 0 fully saturated rings. The molecule has 2 rings (SSSR count). The summed E-state index contributed by atoms with van der Waals surface area (Å²) in [6.45, 7) is 0.814. The fourth-order valence-electron chi connectivity index (χ4n) is 2.01. The fourth-order valence-corrected chi connectivity index (χ4v) is 2.66. The van der Waals surface area contributed by atoms with Crippen LogP contribution in [-0.4, -0.2) is 18.2 Å². The zero-order valence-electron chi connectivity index (χ0n) is 9.96. The average molecular weight is 295 g/mol. The second-order valence-corrected chi connectivity index (χ2v) is 4.92. The molecule has 2 aromatic rings. The molecule has 1 heterocycles. The third kappa shape index (κ3) is 2.28. The number of benzene rings is 1. The number of aryl methyl sites for hydroxylation is 1. The van der Waals surface area contributed by atoms with Crippen LogP contribution in [0.15, 0.2) is 33.5 Å². The van der Waals surface area contributed by atoms with E-state index in [0.717, 1.165) is 33.9 Å². The van der Waals surface area contributed by atoms with Gasteiger partial charge in [0, 0.05) is 17.1 Å². The Kier molecular flexibility index (Phi) is 3.64. The molecule has 90 valence electrons. The first-order valence-corrected chi connectivity index (χ1v) is 6.36. The predicted molar refractivity (Wildman–Crippen MR) is 74.5 cm³/mol. The third-order valence-electron chi connectivity index (χ3n) is 2.91. The van der Waals surface area contributed by atoms with E-state index >= 15 is 0 Å². The molecule has 0 saturated heterocycles. The molecule has 1 aromatic heterocycles. The molecule has 0 amide bonds. The highest BCUT2D eigenvalue weighted by molar-refractivity contribution is 9.10. The molecule has 4 heteroatoms. The lowest BCUT2D eigenvalue weighted by molar-refractivity contribution is 0.772. The van der Waals surface area contributed by atoms with Crippen LogP contribution in [0.25, 0.3) is 10.9 Å². The Morgan fingerprint density at radius 2 is 2.18 bits per heavy atom. The molecule has 0 bridgehead atoms. The number of likely N-dealkylation sites (N-methyl/N-ethyl adjacent to an activating group) is 1. The number of rotatable bonds is 3. The normalized spacial score (nSPS) is 11.0. The van der Waals surface area contributed by atoms with Crippen LogP contribution in [0.4, 0.5) is 0 Å². The second kappa shape index (κ2) is 5.02. The topological polar surface area (TPSA) is 34.0 Å². The van der Waals surface area contributed by atoms with Crippen molar-refractivity contribution in [1.29, 1.82) is 0 Å². The summed E-state index contributed by atoms with van der Waals surface area (Å²) in [4.78, 5) is 12.2. The van der Waals surface area contributed by atoms with E-state index in [1.807, 2.05) is 38.4 Å². The van der Waals surface area contributed by atoms with Crippen LogP contribution in [0.3, 0.4) is 0 Å². The van der Waals surface area contributed by atoms with Crippen molar-refractivity contribution in [3.05, 3.63) is 44.7 Å². The Morgan fingerprint density at radius 1 is 1.41 bits per heavy atom. The van der Waals surface area contributed by atoms with Gasteiger partial charge in [-0.25, -0.2) is 0 Å². The maximum atomic E-state index is 12.2. The molecular formula is C13H15BrN2O. The molecule has 0 unspecified atom stereocenters. The highest BCUT2D eigenvalue weighted by Gasteiger charge is 2.08. The fraction of sp³-hybridized carbons (Fsp3) is 0.308. The summed E-state index contributed by atoms with van der Waals surface area (Å²) >= 11 is 3.49. The van der Waals surface area contributed by atoms with Gasteiger partial charge in [-0.1, -0.05) is 12.1 Å². The molecule has 0 aliphatic heterocycles. The van der Waals surface area contributed by atoms with Crippen molar-refractivity contribution >= 4 is 26.8 Å². The van der Waals surface area contributed by atoms with Crippen molar-refractivity contribution in [1.82, 2.24) is 9.88 Å². The number of fused-ring (bicyclic) bond motifs is 1. The molecular weight excluding hydrogens is 280 g/mol. The summed E-state index contributed by atoms with van der Waals surface area (Å²) in [5.74, 6) is 0. The quantitative estimate of drug-likeness (QED) is 0.940. The first-order chi connectivity index (χ1) is 8.15. The van der Waals surface area contributed by atoms with Crippen LogP contribution in [0, 0.1) is 0 Å². The zero-order valence-corrected chi connectivity index (χ0v) is 11.5. The molecule has 0 spiro atoms. The maximum Gasteiger partial charge on any atom is 0.254 e. The van der Waals surface area contributed by atoms with Gasteiger partial charge < -0.3 is 9.88 Å². The van der Waals surface area contributed by atoms with Crippen molar-refractivity contribution < 1.29 is 0 Å². The van der Waals surface area contributed by atoms with E-state index in [-0.39, 0.29) is 5.56 Å². The molecule has 0 radical (unpaired) electrons. The number of hydrogen-bond donors (Lipinski definition) is 1. The van der Waals surface area contributed by atoms with E-state index in [0.29, 0.717) is 0 Å². The van der Waals surface area contributed by atoms with Crippen molar-refractivity contribution in [2.45, 2.75) is 6.42 Å². The molecule has 3 nitrogen and oxygen atoms in total. The Hall–Kier alpha value is -1.13. The minimum absolute atomic E-state index is 0.0830. The molecule has 0 aliphatic carbocycles. The van der Waals surface area contributed by atoms with E-state index in [4.69, 9.17) is 0 Å². The lowest BCUT2D eigenvalue weighted by Gasteiger charge is -2.10. The van der Waals surface area contributed by atoms with Crippen LogP contribution in [0.1, 0.15) is 5.56 Å².